The molecule has 2 unspecified atom stereocenters. The lowest BCUT2D eigenvalue weighted by Crippen LogP contribution is -2.30. The lowest BCUT2D eigenvalue weighted by molar-refractivity contribution is -0.161. The van der Waals surface area contributed by atoms with E-state index in [2.05, 4.69) is 34.6 Å². The number of unbranched alkanes of at least 4 members (excludes halogenated alkanes) is 44. The number of hydrogen-bond donors (Lipinski definition) is 3. The molecule has 0 amide bonds. The molecule has 0 rings (SSSR count). The fourth-order valence-corrected chi connectivity index (χ4v) is 12.6. The maximum Gasteiger partial charge on any atom is 0.472 e. The number of phosphoric ester groups is 2. The summed E-state index contributed by atoms with van der Waals surface area (Å²) >= 11 is 0. The van der Waals surface area contributed by atoms with Crippen LogP contribution in [0.2, 0.25) is 0 Å². The third-order valence-electron chi connectivity index (χ3n) is 16.8. The molecular formula is C72H140O17P2. The second kappa shape index (κ2) is 65.4. The zero-order valence-electron chi connectivity index (χ0n) is 59.0. The van der Waals surface area contributed by atoms with Crippen LogP contribution in [0.3, 0.4) is 0 Å². The molecule has 0 aromatic carbocycles. The summed E-state index contributed by atoms with van der Waals surface area (Å²) in [4.78, 5) is 72.6. The van der Waals surface area contributed by atoms with Gasteiger partial charge in [-0.25, -0.2) is 9.13 Å². The van der Waals surface area contributed by atoms with E-state index in [0.29, 0.717) is 25.7 Å². The second-order valence-electron chi connectivity index (χ2n) is 26.5. The Kier molecular flexibility index (Phi) is 64.0. The molecule has 0 saturated carbocycles. The van der Waals surface area contributed by atoms with Crippen LogP contribution in [-0.4, -0.2) is 96.7 Å². The van der Waals surface area contributed by atoms with Crippen molar-refractivity contribution >= 4 is 39.5 Å². The Morgan fingerprint density at radius 2 is 0.505 bits per heavy atom. The molecule has 0 spiro atoms. The minimum atomic E-state index is -4.95. The predicted octanol–water partition coefficient (Wildman–Crippen LogP) is 20.9. The van der Waals surface area contributed by atoms with Gasteiger partial charge in [0.15, 0.2) is 12.2 Å². The Hall–Kier alpha value is -1.94. The highest BCUT2D eigenvalue weighted by atomic mass is 31.2. The Morgan fingerprint density at radius 3 is 0.747 bits per heavy atom. The normalized spacial score (nSPS) is 14.0. The first kappa shape index (κ1) is 89.1. The smallest absolute Gasteiger partial charge is 0.462 e. The van der Waals surface area contributed by atoms with E-state index in [-0.39, 0.29) is 25.7 Å². The average molecular weight is 1340 g/mol. The molecule has 0 heterocycles. The monoisotopic (exact) mass is 1340 g/mol. The lowest BCUT2D eigenvalue weighted by atomic mass is 10.0. The van der Waals surface area contributed by atoms with Gasteiger partial charge in [0.25, 0.3) is 0 Å². The molecule has 0 radical (unpaired) electrons. The average Bonchev–Trinajstić information content (AvgIpc) is 3.70. The Bertz CT molecular complexity index is 1750. The molecular weight excluding hydrogens is 1200 g/mol. The summed E-state index contributed by atoms with van der Waals surface area (Å²) in [6.45, 7) is 7.22. The lowest BCUT2D eigenvalue weighted by Gasteiger charge is -2.21. The largest absolute Gasteiger partial charge is 0.472 e. The van der Waals surface area contributed by atoms with Gasteiger partial charge in [-0.1, -0.05) is 324 Å². The van der Waals surface area contributed by atoms with Crippen LogP contribution in [-0.2, 0) is 65.4 Å². The topological polar surface area (TPSA) is 237 Å². The van der Waals surface area contributed by atoms with Crippen molar-refractivity contribution in [2.45, 2.75) is 393 Å². The molecule has 0 aliphatic heterocycles. The number of ether oxygens (including phenoxy) is 4. The maximum atomic E-state index is 13.0. The number of hydrogen-bond acceptors (Lipinski definition) is 15. The van der Waals surface area contributed by atoms with E-state index in [0.717, 1.165) is 95.8 Å². The van der Waals surface area contributed by atoms with Crippen LogP contribution in [0.15, 0.2) is 0 Å². The molecule has 0 aromatic rings. The minimum Gasteiger partial charge on any atom is -0.462 e. The number of aliphatic hydroxyl groups excluding tert-OH is 1. The highest BCUT2D eigenvalue weighted by Crippen LogP contribution is 2.45. The molecule has 0 fully saturated rings. The summed E-state index contributed by atoms with van der Waals surface area (Å²) in [5.74, 6) is -1.40. The van der Waals surface area contributed by atoms with Gasteiger partial charge in [0.2, 0.25) is 0 Å². The van der Waals surface area contributed by atoms with Gasteiger partial charge in [0.05, 0.1) is 26.4 Å². The van der Waals surface area contributed by atoms with Crippen LogP contribution in [0.5, 0.6) is 0 Å². The summed E-state index contributed by atoms with van der Waals surface area (Å²) in [7, 11) is -9.90. The second-order valence-corrected chi connectivity index (χ2v) is 29.4. The molecule has 0 aliphatic carbocycles. The number of rotatable bonds is 72. The summed E-state index contributed by atoms with van der Waals surface area (Å²) in [5, 5.41) is 10.6. The van der Waals surface area contributed by atoms with Gasteiger partial charge in [-0.05, 0) is 31.6 Å². The van der Waals surface area contributed by atoms with Gasteiger partial charge >= 0.3 is 39.5 Å². The zero-order chi connectivity index (χ0) is 67.0. The SMILES string of the molecule is CCCCCCCCCCCCCCCCCC(=O)OC[C@H](COP(=O)(O)OC[C@@H](O)COP(=O)(O)OC[C@@H](COC(=O)CCCCCCCCCCCC)OC(=O)CCCCCCCCCCC(C)C)OC(=O)CCCCCCCCCCCCCCCCC. The van der Waals surface area contributed by atoms with E-state index in [9.17, 15) is 43.2 Å². The molecule has 0 bridgehead atoms. The van der Waals surface area contributed by atoms with Crippen LogP contribution < -0.4 is 0 Å². The van der Waals surface area contributed by atoms with Crippen molar-refractivity contribution in [3.8, 4) is 0 Å². The number of esters is 4. The maximum absolute atomic E-state index is 13.0. The van der Waals surface area contributed by atoms with E-state index in [1.54, 1.807) is 0 Å². The first-order chi connectivity index (χ1) is 44.0. The predicted molar refractivity (Wildman–Crippen MR) is 368 cm³/mol. The van der Waals surface area contributed by atoms with Crippen LogP contribution in [0.4, 0.5) is 0 Å². The van der Waals surface area contributed by atoms with Crippen molar-refractivity contribution in [1.29, 1.82) is 0 Å². The highest BCUT2D eigenvalue weighted by Gasteiger charge is 2.30. The van der Waals surface area contributed by atoms with E-state index in [1.807, 2.05) is 0 Å². The molecule has 3 N–H and O–H groups in total. The van der Waals surface area contributed by atoms with Gasteiger partial charge in [-0.15, -0.1) is 0 Å². The summed E-state index contributed by atoms with van der Waals surface area (Å²) in [6.07, 6.45) is 52.6. The van der Waals surface area contributed by atoms with Gasteiger partial charge in [-0.2, -0.15) is 0 Å². The molecule has 0 saturated heterocycles. The Balaban J connectivity index is 5.24. The van der Waals surface area contributed by atoms with Crippen molar-refractivity contribution in [3.05, 3.63) is 0 Å². The summed E-state index contributed by atoms with van der Waals surface area (Å²) in [6, 6.07) is 0. The van der Waals surface area contributed by atoms with Gasteiger partial charge in [0, 0.05) is 25.7 Å². The standard InChI is InChI=1S/C72H140O17P2/c1-6-9-12-15-18-21-24-26-28-30-32-35-41-46-51-56-70(75)83-61-67(88-71(76)57-52-47-42-36-33-31-29-27-25-22-19-16-13-10-7-2)63-86-90(78,79)84-59-66(73)60-85-91(80,81)87-64-68(62-82-69(74)55-50-45-40-34-23-20-17-14-11-8-3)89-72(77)58-53-48-43-38-37-39-44-49-54-65(4)5/h65-68,73H,6-64H2,1-5H3,(H,78,79)(H,80,81)/t66-,67-,68-/m1/s1. The van der Waals surface area contributed by atoms with Crippen LogP contribution in [0.1, 0.15) is 375 Å². The Morgan fingerprint density at radius 1 is 0.297 bits per heavy atom. The molecule has 19 heteroatoms. The van der Waals surface area contributed by atoms with Gasteiger partial charge in [0.1, 0.15) is 19.3 Å². The highest BCUT2D eigenvalue weighted by molar-refractivity contribution is 7.47. The quantitative estimate of drug-likeness (QED) is 0.0222. The molecule has 17 nitrogen and oxygen atoms in total. The Labute approximate surface area is 556 Å². The summed E-state index contributed by atoms with van der Waals surface area (Å²) in [5.41, 5.74) is 0. The van der Waals surface area contributed by atoms with Gasteiger partial charge in [-0.3, -0.25) is 37.3 Å². The van der Waals surface area contributed by atoms with E-state index in [1.165, 1.54) is 199 Å². The number of aliphatic hydroxyl groups is 1. The first-order valence-corrected chi connectivity index (χ1v) is 40.6. The van der Waals surface area contributed by atoms with Crippen molar-refractivity contribution in [1.82, 2.24) is 0 Å². The van der Waals surface area contributed by atoms with Crippen molar-refractivity contribution in [2.24, 2.45) is 5.92 Å². The van der Waals surface area contributed by atoms with E-state index < -0.39 is 97.5 Å². The number of phosphoric acid groups is 2. The number of carbonyl (C=O) groups excluding carboxylic acids is 4. The number of carbonyl (C=O) groups is 4. The van der Waals surface area contributed by atoms with Gasteiger partial charge < -0.3 is 33.8 Å². The third-order valence-corrected chi connectivity index (χ3v) is 18.7. The van der Waals surface area contributed by atoms with E-state index >= 15 is 0 Å². The molecule has 0 aliphatic rings. The fourth-order valence-electron chi connectivity index (χ4n) is 11.0. The molecule has 5 atom stereocenters. The molecule has 0 aromatic heterocycles. The molecule has 91 heavy (non-hydrogen) atoms. The first-order valence-electron chi connectivity index (χ1n) is 37.6. The van der Waals surface area contributed by atoms with E-state index in [4.69, 9.17) is 37.0 Å². The third kappa shape index (κ3) is 66.5. The molecule has 540 valence electrons. The minimum absolute atomic E-state index is 0.105. The van der Waals surface area contributed by atoms with Crippen LogP contribution >= 0.6 is 15.6 Å². The summed E-state index contributed by atoms with van der Waals surface area (Å²) < 4.78 is 68.4. The van der Waals surface area contributed by atoms with Crippen molar-refractivity contribution in [3.63, 3.8) is 0 Å². The van der Waals surface area contributed by atoms with Crippen molar-refractivity contribution in [2.75, 3.05) is 39.6 Å². The van der Waals surface area contributed by atoms with Crippen LogP contribution in [0.25, 0.3) is 0 Å². The van der Waals surface area contributed by atoms with Crippen LogP contribution in [0, 0.1) is 5.92 Å². The zero-order valence-corrected chi connectivity index (χ0v) is 60.8. The van der Waals surface area contributed by atoms with Crippen molar-refractivity contribution < 1.29 is 80.2 Å². The fraction of sp³-hybridized carbons (Fsp3) is 0.944.